The summed E-state index contributed by atoms with van der Waals surface area (Å²) in [5, 5.41) is 2.35. The van der Waals surface area contributed by atoms with Gasteiger partial charge in [0.05, 0.1) is 12.7 Å². The number of benzene rings is 1. The maximum absolute atomic E-state index is 12.6. The van der Waals surface area contributed by atoms with E-state index in [1.807, 2.05) is 0 Å². The van der Waals surface area contributed by atoms with E-state index in [1.165, 1.54) is 6.07 Å². The van der Waals surface area contributed by atoms with Gasteiger partial charge in [0.2, 0.25) is 0 Å². The number of ether oxygens (including phenoxy) is 1. The summed E-state index contributed by atoms with van der Waals surface area (Å²) in [6, 6.07) is 2.96. The van der Waals surface area contributed by atoms with Crippen LogP contribution in [0.2, 0.25) is 0 Å². The minimum Gasteiger partial charge on any atom is -0.467 e. The van der Waals surface area contributed by atoms with Gasteiger partial charge in [-0.05, 0) is 31.5 Å². The van der Waals surface area contributed by atoms with Crippen molar-refractivity contribution in [2.24, 2.45) is 0 Å². The molecule has 0 aliphatic heterocycles. The zero-order valence-electron chi connectivity index (χ0n) is 12.2. The third-order valence-electron chi connectivity index (χ3n) is 2.80. The average Bonchev–Trinajstić information content (AvgIpc) is 2.44. The van der Waals surface area contributed by atoms with Crippen LogP contribution in [-0.4, -0.2) is 25.0 Å². The van der Waals surface area contributed by atoms with Crippen molar-refractivity contribution in [2.75, 3.05) is 7.11 Å². The number of hydrogen-bond acceptors (Lipinski definition) is 3. The number of carbonyl (C=O) groups is 2. The van der Waals surface area contributed by atoms with Crippen LogP contribution >= 0.6 is 0 Å². The number of alkyl halides is 3. The second kappa shape index (κ2) is 7.11. The number of amides is 1. The molecule has 0 radical (unpaired) electrons. The fourth-order valence-corrected chi connectivity index (χ4v) is 1.76. The van der Waals surface area contributed by atoms with Gasteiger partial charge < -0.3 is 10.1 Å². The van der Waals surface area contributed by atoms with E-state index >= 15 is 0 Å². The molecule has 0 saturated carbocycles. The fraction of sp³-hybridized carbons (Fsp3) is 0.333. The van der Waals surface area contributed by atoms with Gasteiger partial charge in [-0.15, -0.1) is 6.58 Å². The first-order valence-electron chi connectivity index (χ1n) is 6.35. The topological polar surface area (TPSA) is 55.4 Å². The Morgan fingerprint density at radius 1 is 1.36 bits per heavy atom. The lowest BCUT2D eigenvalue weighted by atomic mass is 10.1. The Morgan fingerprint density at radius 2 is 2.00 bits per heavy atom. The van der Waals surface area contributed by atoms with Crippen molar-refractivity contribution in [1.29, 1.82) is 0 Å². The van der Waals surface area contributed by atoms with Crippen molar-refractivity contribution >= 4 is 11.9 Å². The largest absolute Gasteiger partial charge is 0.467 e. The molecule has 0 fully saturated rings. The van der Waals surface area contributed by atoms with Crippen LogP contribution in [0, 0.1) is 0 Å². The first kappa shape index (κ1) is 17.7. The predicted molar refractivity (Wildman–Crippen MR) is 74.1 cm³/mol. The first-order valence-corrected chi connectivity index (χ1v) is 6.35. The van der Waals surface area contributed by atoms with Crippen LogP contribution in [0.5, 0.6) is 0 Å². The minimum atomic E-state index is -4.55. The van der Waals surface area contributed by atoms with E-state index in [2.05, 4.69) is 16.6 Å². The number of esters is 1. The lowest BCUT2D eigenvalue weighted by Crippen LogP contribution is -2.41. The van der Waals surface area contributed by atoms with Crippen molar-refractivity contribution in [1.82, 2.24) is 5.32 Å². The molecule has 1 atom stereocenters. The van der Waals surface area contributed by atoms with E-state index in [9.17, 15) is 22.8 Å². The van der Waals surface area contributed by atoms with E-state index in [0.29, 0.717) is 5.57 Å². The third kappa shape index (κ3) is 4.91. The van der Waals surface area contributed by atoms with Gasteiger partial charge in [0.1, 0.15) is 6.04 Å². The number of halogens is 3. The molecule has 0 heterocycles. The van der Waals surface area contributed by atoms with Crippen molar-refractivity contribution < 1.29 is 27.5 Å². The summed E-state index contributed by atoms with van der Waals surface area (Å²) in [5.74, 6) is -1.48. The standard InChI is InChI=1S/C15H16F3NO3/c1-9(2)7-12(14(21)22-3)19-13(20)10-5-4-6-11(8-10)15(16,17)18/h4-6,8,12H,1,7H2,2-3H3,(H,19,20)/t12-/m0/s1. The Balaban J connectivity index is 2.95. The molecule has 0 spiro atoms. The molecule has 1 aromatic carbocycles. The van der Waals surface area contributed by atoms with Gasteiger partial charge in [-0.25, -0.2) is 4.79 Å². The second-order valence-corrected chi connectivity index (χ2v) is 4.79. The summed E-state index contributed by atoms with van der Waals surface area (Å²) in [6.45, 7) is 5.29. The highest BCUT2D eigenvalue weighted by molar-refractivity contribution is 5.97. The van der Waals surface area contributed by atoms with Gasteiger partial charge in [0, 0.05) is 5.56 Å². The lowest BCUT2D eigenvalue weighted by Gasteiger charge is -2.17. The van der Waals surface area contributed by atoms with Gasteiger partial charge in [-0.1, -0.05) is 11.6 Å². The quantitative estimate of drug-likeness (QED) is 0.671. The minimum absolute atomic E-state index is 0.136. The van der Waals surface area contributed by atoms with Crippen LogP contribution in [0.25, 0.3) is 0 Å². The Labute approximate surface area is 126 Å². The van der Waals surface area contributed by atoms with E-state index in [0.717, 1.165) is 25.3 Å². The number of carbonyl (C=O) groups excluding carboxylic acids is 2. The van der Waals surface area contributed by atoms with Gasteiger partial charge in [-0.2, -0.15) is 13.2 Å². The molecule has 4 nitrogen and oxygen atoms in total. The van der Waals surface area contributed by atoms with Crippen LogP contribution < -0.4 is 5.32 Å². The van der Waals surface area contributed by atoms with Crippen LogP contribution in [0.4, 0.5) is 13.2 Å². The molecule has 1 rings (SSSR count). The zero-order chi connectivity index (χ0) is 16.9. The van der Waals surface area contributed by atoms with Gasteiger partial charge in [0.15, 0.2) is 0 Å². The van der Waals surface area contributed by atoms with Crippen LogP contribution in [0.15, 0.2) is 36.4 Å². The average molecular weight is 315 g/mol. The molecule has 0 aliphatic rings. The monoisotopic (exact) mass is 315 g/mol. The third-order valence-corrected chi connectivity index (χ3v) is 2.80. The maximum atomic E-state index is 12.6. The molecule has 0 aromatic heterocycles. The van der Waals surface area contributed by atoms with Crippen molar-refractivity contribution in [3.63, 3.8) is 0 Å². The summed E-state index contributed by atoms with van der Waals surface area (Å²) < 4.78 is 42.4. The Morgan fingerprint density at radius 3 is 2.50 bits per heavy atom. The predicted octanol–water partition coefficient (Wildman–Crippen LogP) is 2.94. The molecule has 0 bridgehead atoms. The van der Waals surface area contributed by atoms with Crippen LogP contribution in [0.3, 0.4) is 0 Å². The van der Waals surface area contributed by atoms with Gasteiger partial charge in [-0.3, -0.25) is 4.79 Å². The Kier molecular flexibility index (Phi) is 5.73. The molecule has 22 heavy (non-hydrogen) atoms. The SMILES string of the molecule is C=C(C)C[C@H](NC(=O)c1cccc(C(F)(F)F)c1)C(=O)OC. The second-order valence-electron chi connectivity index (χ2n) is 4.79. The highest BCUT2D eigenvalue weighted by Gasteiger charge is 2.31. The number of hydrogen-bond donors (Lipinski definition) is 1. The summed E-state index contributed by atoms with van der Waals surface area (Å²) in [5.41, 5.74) is -0.500. The van der Waals surface area contributed by atoms with Crippen LogP contribution in [0.1, 0.15) is 29.3 Å². The fourth-order valence-electron chi connectivity index (χ4n) is 1.76. The number of methoxy groups -OCH3 is 1. The number of nitrogens with one attached hydrogen (secondary N) is 1. The van der Waals surface area contributed by atoms with E-state index in [1.54, 1.807) is 6.92 Å². The Hall–Kier alpha value is -2.31. The summed E-state index contributed by atoms with van der Waals surface area (Å²) in [6.07, 6.45) is -4.41. The molecule has 120 valence electrons. The molecule has 1 amide bonds. The zero-order valence-corrected chi connectivity index (χ0v) is 12.2. The lowest BCUT2D eigenvalue weighted by molar-refractivity contribution is -0.143. The summed E-state index contributed by atoms with van der Waals surface area (Å²) >= 11 is 0. The van der Waals surface area contributed by atoms with Gasteiger partial charge >= 0.3 is 12.1 Å². The first-order chi connectivity index (χ1) is 10.1. The molecule has 1 N–H and O–H groups in total. The molecule has 0 saturated heterocycles. The van der Waals surface area contributed by atoms with E-state index in [4.69, 9.17) is 0 Å². The molecule has 0 unspecified atom stereocenters. The van der Waals surface area contributed by atoms with Crippen molar-refractivity contribution in [3.8, 4) is 0 Å². The summed E-state index contributed by atoms with van der Waals surface area (Å²) in [7, 11) is 1.16. The van der Waals surface area contributed by atoms with Crippen LogP contribution in [-0.2, 0) is 15.7 Å². The van der Waals surface area contributed by atoms with E-state index in [-0.39, 0.29) is 12.0 Å². The molecular formula is C15H16F3NO3. The highest BCUT2D eigenvalue weighted by Crippen LogP contribution is 2.29. The van der Waals surface area contributed by atoms with Gasteiger partial charge in [0.25, 0.3) is 5.91 Å². The van der Waals surface area contributed by atoms with Crippen molar-refractivity contribution in [3.05, 3.63) is 47.5 Å². The molecule has 1 aromatic rings. The molecule has 0 aliphatic carbocycles. The molecule has 7 heteroatoms. The number of rotatable bonds is 5. The summed E-state index contributed by atoms with van der Waals surface area (Å²) in [4.78, 5) is 23.6. The smallest absolute Gasteiger partial charge is 0.416 e. The molecular weight excluding hydrogens is 299 g/mol. The maximum Gasteiger partial charge on any atom is 0.416 e. The van der Waals surface area contributed by atoms with Crippen molar-refractivity contribution in [2.45, 2.75) is 25.6 Å². The Bertz CT molecular complexity index is 582. The highest BCUT2D eigenvalue weighted by atomic mass is 19.4. The normalized spacial score (nSPS) is 12.4. The van der Waals surface area contributed by atoms with E-state index < -0.39 is 29.7 Å².